The minimum atomic E-state index is 0.232. The van der Waals surface area contributed by atoms with Gasteiger partial charge in [-0.15, -0.1) is 0 Å². The molecule has 0 aromatic carbocycles. The van der Waals surface area contributed by atoms with Gasteiger partial charge in [-0.05, 0) is 61.9 Å². The molecule has 0 aromatic heterocycles. The smallest absolute Gasteiger partial charge is 0.0713 e. The first-order chi connectivity index (χ1) is 9.76. The molecular weight excluding hydrogens is 266 g/mol. The molecule has 3 fully saturated rings. The standard InChI is InChI=1S/C17H31NOS/c1-2-16(6-3-4-7-16)14-18-15-5-10-19-17(13-15)8-11-20-12-9-17/h15,18H,2-14H2,1H3. The van der Waals surface area contributed by atoms with Gasteiger partial charge in [0.05, 0.1) is 5.60 Å². The summed E-state index contributed by atoms with van der Waals surface area (Å²) in [6.45, 7) is 4.61. The average Bonchev–Trinajstić information content (AvgIpc) is 2.96. The van der Waals surface area contributed by atoms with Crippen LogP contribution in [-0.2, 0) is 4.74 Å². The van der Waals surface area contributed by atoms with Gasteiger partial charge in [-0.25, -0.2) is 0 Å². The second kappa shape index (κ2) is 6.58. The van der Waals surface area contributed by atoms with E-state index in [4.69, 9.17) is 4.74 Å². The zero-order valence-corrected chi connectivity index (χ0v) is 13.9. The number of thioether (sulfide) groups is 1. The first kappa shape index (κ1) is 15.2. The molecule has 0 amide bonds. The minimum absolute atomic E-state index is 0.232. The zero-order chi connectivity index (χ0) is 13.9. The summed E-state index contributed by atoms with van der Waals surface area (Å²) in [6.07, 6.45) is 12.2. The van der Waals surface area contributed by atoms with Crippen LogP contribution in [0, 0.1) is 5.41 Å². The van der Waals surface area contributed by atoms with Gasteiger partial charge in [-0.1, -0.05) is 19.8 Å². The average molecular weight is 298 g/mol. The van der Waals surface area contributed by atoms with Gasteiger partial charge in [-0.2, -0.15) is 11.8 Å². The fourth-order valence-electron chi connectivity index (χ4n) is 4.44. The van der Waals surface area contributed by atoms with Gasteiger partial charge >= 0.3 is 0 Å². The first-order valence-electron chi connectivity index (χ1n) is 8.71. The molecule has 20 heavy (non-hydrogen) atoms. The van der Waals surface area contributed by atoms with Crippen LogP contribution in [0.5, 0.6) is 0 Å². The van der Waals surface area contributed by atoms with Crippen LogP contribution < -0.4 is 5.32 Å². The molecule has 3 heteroatoms. The van der Waals surface area contributed by atoms with Gasteiger partial charge in [0, 0.05) is 19.2 Å². The van der Waals surface area contributed by atoms with Crippen LogP contribution in [0.2, 0.25) is 0 Å². The SMILES string of the molecule is CCC1(CNC2CCOC3(CCSCC3)C2)CCCC1. The summed E-state index contributed by atoms with van der Waals surface area (Å²) in [5.41, 5.74) is 0.851. The summed E-state index contributed by atoms with van der Waals surface area (Å²) >= 11 is 2.10. The molecule has 116 valence electrons. The Morgan fingerprint density at radius 1 is 1.15 bits per heavy atom. The molecular formula is C17H31NOS. The van der Waals surface area contributed by atoms with Crippen LogP contribution >= 0.6 is 11.8 Å². The molecule has 1 spiro atoms. The van der Waals surface area contributed by atoms with Crippen molar-refractivity contribution in [2.24, 2.45) is 5.41 Å². The largest absolute Gasteiger partial charge is 0.375 e. The van der Waals surface area contributed by atoms with Gasteiger partial charge in [0.2, 0.25) is 0 Å². The maximum atomic E-state index is 6.21. The Kier molecular flexibility index (Phi) is 4.99. The van der Waals surface area contributed by atoms with Crippen molar-refractivity contribution in [3.05, 3.63) is 0 Å². The maximum absolute atomic E-state index is 6.21. The summed E-state index contributed by atoms with van der Waals surface area (Å²) in [5, 5.41) is 3.94. The highest BCUT2D eigenvalue weighted by molar-refractivity contribution is 7.99. The third-order valence-corrected chi connectivity index (χ3v) is 7.06. The normalized spacial score (nSPS) is 32.5. The molecule has 1 unspecified atom stereocenters. The van der Waals surface area contributed by atoms with E-state index in [1.807, 2.05) is 0 Å². The van der Waals surface area contributed by atoms with E-state index in [1.54, 1.807) is 0 Å². The topological polar surface area (TPSA) is 21.3 Å². The molecule has 1 atom stereocenters. The second-order valence-corrected chi connectivity index (χ2v) is 8.50. The summed E-state index contributed by atoms with van der Waals surface area (Å²) in [6, 6.07) is 0.705. The Balaban J connectivity index is 1.52. The summed E-state index contributed by atoms with van der Waals surface area (Å²) in [4.78, 5) is 0. The molecule has 1 N–H and O–H groups in total. The predicted octanol–water partition coefficient (Wildman–Crippen LogP) is 3.99. The van der Waals surface area contributed by atoms with Gasteiger partial charge < -0.3 is 10.1 Å². The van der Waals surface area contributed by atoms with E-state index in [9.17, 15) is 0 Å². The molecule has 1 aliphatic carbocycles. The third kappa shape index (κ3) is 3.36. The zero-order valence-electron chi connectivity index (χ0n) is 13.1. The van der Waals surface area contributed by atoms with Gasteiger partial charge in [-0.3, -0.25) is 0 Å². The highest BCUT2D eigenvalue weighted by Crippen LogP contribution is 2.41. The van der Waals surface area contributed by atoms with Crippen molar-refractivity contribution < 1.29 is 4.74 Å². The Hall–Kier alpha value is 0.270. The monoisotopic (exact) mass is 297 g/mol. The van der Waals surface area contributed by atoms with Crippen molar-refractivity contribution in [2.75, 3.05) is 24.7 Å². The van der Waals surface area contributed by atoms with Crippen molar-refractivity contribution >= 4 is 11.8 Å². The van der Waals surface area contributed by atoms with E-state index in [1.165, 1.54) is 75.8 Å². The van der Waals surface area contributed by atoms with Crippen molar-refractivity contribution in [3.8, 4) is 0 Å². The van der Waals surface area contributed by atoms with E-state index in [2.05, 4.69) is 24.0 Å². The Morgan fingerprint density at radius 2 is 1.90 bits per heavy atom. The molecule has 0 bridgehead atoms. The van der Waals surface area contributed by atoms with Crippen LogP contribution in [-0.4, -0.2) is 36.3 Å². The quantitative estimate of drug-likeness (QED) is 0.848. The summed E-state index contributed by atoms with van der Waals surface area (Å²) in [5.74, 6) is 2.59. The van der Waals surface area contributed by atoms with E-state index >= 15 is 0 Å². The molecule has 1 saturated carbocycles. The van der Waals surface area contributed by atoms with Gasteiger partial charge in [0.1, 0.15) is 0 Å². The van der Waals surface area contributed by atoms with E-state index in [0.717, 1.165) is 6.61 Å². The fraction of sp³-hybridized carbons (Fsp3) is 1.00. The van der Waals surface area contributed by atoms with Crippen molar-refractivity contribution in [1.29, 1.82) is 0 Å². The van der Waals surface area contributed by atoms with Crippen LogP contribution in [0.4, 0.5) is 0 Å². The number of hydrogen-bond donors (Lipinski definition) is 1. The van der Waals surface area contributed by atoms with Crippen molar-refractivity contribution in [1.82, 2.24) is 5.32 Å². The Bertz CT molecular complexity index is 303. The summed E-state index contributed by atoms with van der Waals surface area (Å²) < 4.78 is 6.21. The molecule has 0 aromatic rings. The van der Waals surface area contributed by atoms with Crippen LogP contribution in [0.15, 0.2) is 0 Å². The molecule has 2 saturated heterocycles. The Labute approximate surface area is 128 Å². The van der Waals surface area contributed by atoms with Crippen LogP contribution in [0.25, 0.3) is 0 Å². The first-order valence-corrected chi connectivity index (χ1v) is 9.87. The van der Waals surface area contributed by atoms with Crippen LogP contribution in [0.1, 0.15) is 64.7 Å². The van der Waals surface area contributed by atoms with Gasteiger partial charge in [0.25, 0.3) is 0 Å². The van der Waals surface area contributed by atoms with Crippen LogP contribution in [0.3, 0.4) is 0 Å². The lowest BCUT2D eigenvalue weighted by molar-refractivity contribution is -0.0939. The number of ether oxygens (including phenoxy) is 1. The fourth-order valence-corrected chi connectivity index (χ4v) is 5.67. The lowest BCUT2D eigenvalue weighted by atomic mass is 9.81. The molecule has 0 radical (unpaired) electrons. The third-order valence-electron chi connectivity index (χ3n) is 6.08. The highest BCUT2D eigenvalue weighted by Gasteiger charge is 2.39. The number of rotatable bonds is 4. The van der Waals surface area contributed by atoms with E-state index < -0.39 is 0 Å². The predicted molar refractivity (Wildman–Crippen MR) is 87.5 cm³/mol. The highest BCUT2D eigenvalue weighted by atomic mass is 32.2. The number of nitrogens with one attached hydrogen (secondary N) is 1. The lowest BCUT2D eigenvalue weighted by Crippen LogP contribution is -2.50. The molecule has 2 aliphatic heterocycles. The van der Waals surface area contributed by atoms with Crippen molar-refractivity contribution in [2.45, 2.75) is 76.4 Å². The molecule has 2 nitrogen and oxygen atoms in total. The molecule has 3 rings (SSSR count). The summed E-state index contributed by atoms with van der Waals surface area (Å²) in [7, 11) is 0. The Morgan fingerprint density at radius 3 is 2.60 bits per heavy atom. The van der Waals surface area contributed by atoms with E-state index in [0.29, 0.717) is 11.5 Å². The molecule has 2 heterocycles. The van der Waals surface area contributed by atoms with E-state index in [-0.39, 0.29) is 5.60 Å². The minimum Gasteiger partial charge on any atom is -0.375 e. The lowest BCUT2D eigenvalue weighted by Gasteiger charge is -2.44. The number of hydrogen-bond acceptors (Lipinski definition) is 3. The molecule has 3 aliphatic rings. The maximum Gasteiger partial charge on any atom is 0.0713 e. The van der Waals surface area contributed by atoms with Crippen molar-refractivity contribution in [3.63, 3.8) is 0 Å². The van der Waals surface area contributed by atoms with Gasteiger partial charge in [0.15, 0.2) is 0 Å². The second-order valence-electron chi connectivity index (χ2n) is 7.28.